The molecule has 0 saturated heterocycles. The Kier molecular flexibility index (Phi) is 16.8. The van der Waals surface area contributed by atoms with E-state index in [2.05, 4.69) is 26.3 Å². The molecule has 15 heteroatoms. The van der Waals surface area contributed by atoms with Crippen molar-refractivity contribution in [1.82, 2.24) is 30.9 Å². The van der Waals surface area contributed by atoms with Crippen LogP contribution in [0.1, 0.15) is 107 Å². The van der Waals surface area contributed by atoms with Crippen LogP contribution in [0.25, 0.3) is 0 Å². The highest BCUT2D eigenvalue weighted by Gasteiger charge is 2.30. The van der Waals surface area contributed by atoms with Gasteiger partial charge in [-0.1, -0.05) is 11.6 Å². The topological polar surface area (TPSA) is 180 Å². The lowest BCUT2D eigenvalue weighted by Gasteiger charge is -2.26. The summed E-state index contributed by atoms with van der Waals surface area (Å²) in [6.45, 7) is 15.3. The third kappa shape index (κ3) is 20.1. The normalized spacial score (nSPS) is 13.2. The number of halogens is 1. The van der Waals surface area contributed by atoms with Gasteiger partial charge in [-0.3, -0.25) is 18.8 Å². The lowest BCUT2D eigenvalue weighted by atomic mass is 10.0. The summed E-state index contributed by atoms with van der Waals surface area (Å²) in [6, 6.07) is -1.85. The van der Waals surface area contributed by atoms with Gasteiger partial charge in [0.05, 0.1) is 18.3 Å². The number of amides is 3. The number of ether oxygens (including phenoxy) is 3. The van der Waals surface area contributed by atoms with Crippen LogP contribution in [0, 0.1) is 5.92 Å². The first-order valence-electron chi connectivity index (χ1n) is 16.1. The van der Waals surface area contributed by atoms with Gasteiger partial charge >= 0.3 is 23.9 Å². The zero-order valence-corrected chi connectivity index (χ0v) is 29.5. The number of rotatable bonds is 18. The van der Waals surface area contributed by atoms with Crippen molar-refractivity contribution in [1.29, 1.82) is 0 Å². The van der Waals surface area contributed by atoms with Gasteiger partial charge in [0.1, 0.15) is 29.4 Å². The fourth-order valence-corrected chi connectivity index (χ4v) is 4.11. The Labute approximate surface area is 277 Å². The van der Waals surface area contributed by atoms with E-state index in [1.54, 1.807) is 68.5 Å². The number of nitrogens with one attached hydrogen (secondary N) is 3. The maximum absolute atomic E-state index is 13.0. The molecule has 0 radical (unpaired) electrons. The highest BCUT2D eigenvalue weighted by atomic mass is 19.1. The fraction of sp³-hybridized carbons (Fsp3) is 0.781. The molecule has 0 aliphatic rings. The minimum absolute atomic E-state index is 0.0236. The van der Waals surface area contributed by atoms with Crippen LogP contribution in [0.5, 0.6) is 0 Å². The van der Waals surface area contributed by atoms with Crippen LogP contribution in [0.4, 0.5) is 9.18 Å². The summed E-state index contributed by atoms with van der Waals surface area (Å²) in [6.07, 6.45) is 3.70. The van der Waals surface area contributed by atoms with Crippen molar-refractivity contribution in [2.24, 2.45) is 5.92 Å². The number of hydrogen-bond acceptors (Lipinski definition) is 10. The van der Waals surface area contributed by atoms with Gasteiger partial charge in [-0.15, -0.1) is 5.10 Å². The van der Waals surface area contributed by atoms with Crippen molar-refractivity contribution >= 4 is 29.8 Å². The van der Waals surface area contributed by atoms with E-state index in [-0.39, 0.29) is 31.8 Å². The van der Waals surface area contributed by atoms with Gasteiger partial charge in [0.15, 0.2) is 0 Å². The summed E-state index contributed by atoms with van der Waals surface area (Å²) >= 11 is 0. The second-order valence-corrected chi connectivity index (χ2v) is 14.3. The lowest BCUT2D eigenvalue weighted by molar-refractivity contribution is -0.161. The molecule has 0 bridgehead atoms. The van der Waals surface area contributed by atoms with Gasteiger partial charge in [0.2, 0.25) is 5.91 Å². The first kappa shape index (κ1) is 41.2. The molecule has 14 nitrogen and oxygen atoms in total. The van der Waals surface area contributed by atoms with E-state index < -0.39 is 59.4 Å². The smallest absolute Gasteiger partial charge is 0.329 e. The van der Waals surface area contributed by atoms with E-state index >= 15 is 0 Å². The second-order valence-electron chi connectivity index (χ2n) is 14.3. The number of urea groups is 1. The highest BCUT2D eigenvalue weighted by molar-refractivity contribution is 5.84. The molecule has 3 N–H and O–H groups in total. The van der Waals surface area contributed by atoms with Crippen LogP contribution >= 0.6 is 0 Å². The minimum Gasteiger partial charge on any atom is -0.460 e. The summed E-state index contributed by atoms with van der Waals surface area (Å²) in [5.74, 6) is -2.68. The predicted molar refractivity (Wildman–Crippen MR) is 172 cm³/mol. The van der Waals surface area contributed by atoms with Crippen molar-refractivity contribution in [3.8, 4) is 0 Å². The summed E-state index contributed by atoms with van der Waals surface area (Å²) in [4.78, 5) is 63.3. The number of aromatic nitrogens is 3. The largest absolute Gasteiger partial charge is 0.460 e. The molecule has 0 aromatic carbocycles. The fourth-order valence-electron chi connectivity index (χ4n) is 4.11. The molecule has 0 aliphatic carbocycles. The lowest BCUT2D eigenvalue weighted by Crippen LogP contribution is -2.49. The second kappa shape index (κ2) is 19.1. The number of carbonyl (C=O) groups excluding carboxylic acids is 5. The number of carbonyl (C=O) groups is 5. The Balaban J connectivity index is 2.72. The van der Waals surface area contributed by atoms with Crippen LogP contribution in [0.3, 0.4) is 0 Å². The molecule has 3 amide bonds. The maximum atomic E-state index is 13.0. The van der Waals surface area contributed by atoms with Gasteiger partial charge in [-0.2, -0.15) is 0 Å². The van der Waals surface area contributed by atoms with Crippen LogP contribution in [0.15, 0.2) is 6.20 Å². The molecule has 1 heterocycles. The molecular weight excluding hydrogens is 615 g/mol. The van der Waals surface area contributed by atoms with Gasteiger partial charge < -0.3 is 30.2 Å². The average Bonchev–Trinajstić information content (AvgIpc) is 3.35. The van der Waals surface area contributed by atoms with Gasteiger partial charge in [0.25, 0.3) is 0 Å². The Bertz CT molecular complexity index is 1170. The number of nitrogens with zero attached hydrogens (tertiary/aromatic N) is 3. The van der Waals surface area contributed by atoms with Crippen LogP contribution in [0.2, 0.25) is 0 Å². The molecule has 2 unspecified atom stereocenters. The third-order valence-electron chi connectivity index (χ3n) is 6.06. The number of hydrogen-bond donors (Lipinski definition) is 3. The quantitative estimate of drug-likeness (QED) is 0.119. The van der Waals surface area contributed by atoms with Crippen LogP contribution < -0.4 is 16.0 Å². The molecule has 0 spiro atoms. The standard InChI is InChI=1S/C32H55FN6O8/c1-30(2,3)45-26(41)16-15-24(28(43)47-32(7,8)9)36-29(44)35-19-22(27(42)46-31(4,5)6)13-10-11-18-34-25(40)21-39-20-23(37-38-39)14-12-17-33/h20,22,24H,10-19,21H2,1-9H3,(H,34,40)(H2,35,36,44). The zero-order valence-electron chi connectivity index (χ0n) is 29.5. The number of esters is 3. The van der Waals surface area contributed by atoms with Crippen molar-refractivity contribution in [2.75, 3.05) is 19.8 Å². The molecule has 1 rings (SSSR count). The van der Waals surface area contributed by atoms with Crippen LogP contribution in [-0.2, 0) is 46.4 Å². The molecule has 1 aromatic rings. The minimum atomic E-state index is -1.13. The Hall–Kier alpha value is -3.78. The van der Waals surface area contributed by atoms with Gasteiger partial charge in [-0.25, -0.2) is 14.3 Å². The average molecular weight is 671 g/mol. The summed E-state index contributed by atoms with van der Waals surface area (Å²) in [5.41, 5.74) is -1.65. The molecule has 47 heavy (non-hydrogen) atoms. The first-order valence-corrected chi connectivity index (χ1v) is 16.1. The van der Waals surface area contributed by atoms with Crippen molar-refractivity contribution in [3.63, 3.8) is 0 Å². The Morgan fingerprint density at radius 2 is 1.45 bits per heavy atom. The Morgan fingerprint density at radius 3 is 2.04 bits per heavy atom. The zero-order chi connectivity index (χ0) is 35.8. The van der Waals surface area contributed by atoms with E-state index in [4.69, 9.17) is 14.2 Å². The highest BCUT2D eigenvalue weighted by Crippen LogP contribution is 2.17. The van der Waals surface area contributed by atoms with E-state index in [1.165, 1.54) is 4.68 Å². The number of unbranched alkanes of at least 4 members (excludes halogenated alkanes) is 1. The molecule has 0 saturated carbocycles. The SMILES string of the molecule is CC(C)(C)OC(=O)CCC(NC(=O)NCC(CCCCNC(=O)Cn1cc(CCCF)nn1)C(=O)OC(C)(C)C)C(=O)OC(C)(C)C. The number of aryl methyl sites for hydroxylation is 1. The van der Waals surface area contributed by atoms with Crippen molar-refractivity contribution in [2.45, 2.75) is 137 Å². The van der Waals surface area contributed by atoms with E-state index in [0.29, 0.717) is 44.3 Å². The summed E-state index contributed by atoms with van der Waals surface area (Å²) < 4.78 is 30.1. The van der Waals surface area contributed by atoms with E-state index in [1.807, 2.05) is 0 Å². The molecule has 0 aliphatic heterocycles. The first-order chi connectivity index (χ1) is 21.7. The van der Waals surface area contributed by atoms with Crippen molar-refractivity contribution < 1.29 is 42.6 Å². The Morgan fingerprint density at radius 1 is 0.830 bits per heavy atom. The maximum Gasteiger partial charge on any atom is 0.329 e. The predicted octanol–water partition coefficient (Wildman–Crippen LogP) is 3.56. The van der Waals surface area contributed by atoms with E-state index in [0.717, 1.165) is 0 Å². The van der Waals surface area contributed by atoms with Crippen LogP contribution in [-0.4, -0.2) is 87.4 Å². The molecular formula is C32H55FN6O8. The molecule has 0 fully saturated rings. The van der Waals surface area contributed by atoms with E-state index in [9.17, 15) is 28.4 Å². The summed E-state index contributed by atoms with van der Waals surface area (Å²) in [7, 11) is 0. The summed E-state index contributed by atoms with van der Waals surface area (Å²) in [5, 5.41) is 15.8. The monoisotopic (exact) mass is 670 g/mol. The number of alkyl halides is 1. The molecule has 268 valence electrons. The van der Waals surface area contributed by atoms with Crippen molar-refractivity contribution in [3.05, 3.63) is 11.9 Å². The molecule has 2 atom stereocenters. The molecule has 1 aromatic heterocycles. The third-order valence-corrected chi connectivity index (χ3v) is 6.06. The van der Waals surface area contributed by atoms with Gasteiger partial charge in [0, 0.05) is 25.7 Å². The van der Waals surface area contributed by atoms with Gasteiger partial charge in [-0.05, 0) is 94.4 Å².